The smallest absolute Gasteiger partial charge is 0.256 e. The summed E-state index contributed by atoms with van der Waals surface area (Å²) >= 11 is 3.35. The van der Waals surface area contributed by atoms with Crippen molar-refractivity contribution in [2.75, 3.05) is 13.1 Å². The second-order valence-corrected chi connectivity index (χ2v) is 7.21. The number of hydrogen-bond acceptors (Lipinski definition) is 4. The summed E-state index contributed by atoms with van der Waals surface area (Å²) in [6, 6.07) is 8.42. The Balaban J connectivity index is 1.62. The Morgan fingerprint density at radius 1 is 1.19 bits per heavy atom. The normalized spacial score (nSPS) is 15.5. The maximum absolute atomic E-state index is 14.0. The van der Waals surface area contributed by atoms with Crippen molar-refractivity contribution in [3.05, 3.63) is 76.3 Å². The lowest BCUT2D eigenvalue weighted by Gasteiger charge is -2.46. The summed E-state index contributed by atoms with van der Waals surface area (Å²) in [6.45, 7) is -0.424. The fourth-order valence-corrected chi connectivity index (χ4v) is 3.56. The third-order valence-electron chi connectivity index (χ3n) is 4.48. The van der Waals surface area contributed by atoms with Gasteiger partial charge in [0.15, 0.2) is 0 Å². The Morgan fingerprint density at radius 3 is 2.52 bits per heavy atom. The first-order valence-electron chi connectivity index (χ1n) is 8.00. The molecule has 2 aromatic carbocycles. The van der Waals surface area contributed by atoms with Crippen molar-refractivity contribution in [1.29, 1.82) is 0 Å². The molecule has 0 radical (unpaired) electrons. The standard InChI is InChI=1S/C18H13BrF2N4O2/c19-11-4-5-12(15(6-11)25-10-22-9-23-25)17(26)24-7-18(27,8-24)16-13(20)2-1-3-14(16)21/h1-6,9-10,27H,7-8H2. The number of hydrogen-bond donors (Lipinski definition) is 1. The van der Waals surface area contributed by atoms with Gasteiger partial charge < -0.3 is 10.0 Å². The van der Waals surface area contributed by atoms with Gasteiger partial charge in [-0.3, -0.25) is 4.79 Å². The van der Waals surface area contributed by atoms with E-state index < -0.39 is 22.8 Å². The van der Waals surface area contributed by atoms with Crippen LogP contribution >= 0.6 is 15.9 Å². The molecular formula is C18H13BrF2N4O2. The van der Waals surface area contributed by atoms with Crippen LogP contribution in [0.4, 0.5) is 8.78 Å². The lowest BCUT2D eigenvalue weighted by Crippen LogP contribution is -2.62. The van der Waals surface area contributed by atoms with E-state index in [1.807, 2.05) is 0 Å². The molecule has 0 saturated carbocycles. The molecule has 1 fully saturated rings. The SMILES string of the molecule is O=C(c1ccc(Br)cc1-n1cncn1)N1CC(O)(c2c(F)cccc2F)C1. The van der Waals surface area contributed by atoms with Crippen molar-refractivity contribution < 1.29 is 18.7 Å². The summed E-state index contributed by atoms with van der Waals surface area (Å²) in [5.41, 5.74) is -1.34. The minimum absolute atomic E-state index is 0.212. The van der Waals surface area contributed by atoms with Gasteiger partial charge in [0, 0.05) is 4.47 Å². The number of carbonyl (C=O) groups is 1. The fourth-order valence-electron chi connectivity index (χ4n) is 3.21. The summed E-state index contributed by atoms with van der Waals surface area (Å²) in [5, 5.41) is 14.6. The molecule has 0 spiro atoms. The zero-order valence-corrected chi connectivity index (χ0v) is 15.4. The summed E-state index contributed by atoms with van der Waals surface area (Å²) in [7, 11) is 0. The molecule has 1 saturated heterocycles. The molecule has 0 aliphatic carbocycles. The lowest BCUT2D eigenvalue weighted by molar-refractivity contribution is -0.0905. The quantitative estimate of drug-likeness (QED) is 0.687. The van der Waals surface area contributed by atoms with Gasteiger partial charge in [0.05, 0.1) is 29.9 Å². The monoisotopic (exact) mass is 434 g/mol. The van der Waals surface area contributed by atoms with Crippen LogP contribution in [0.25, 0.3) is 5.69 Å². The van der Waals surface area contributed by atoms with Crippen LogP contribution < -0.4 is 0 Å². The van der Waals surface area contributed by atoms with E-state index in [1.54, 1.807) is 18.2 Å². The molecule has 2 heterocycles. The molecule has 0 unspecified atom stereocenters. The van der Waals surface area contributed by atoms with Crippen LogP contribution in [0.3, 0.4) is 0 Å². The fraction of sp³-hybridized carbons (Fsp3) is 0.167. The van der Waals surface area contributed by atoms with E-state index in [-0.39, 0.29) is 19.0 Å². The maximum Gasteiger partial charge on any atom is 0.256 e. The van der Waals surface area contributed by atoms with Gasteiger partial charge in [-0.1, -0.05) is 22.0 Å². The van der Waals surface area contributed by atoms with Crippen molar-refractivity contribution >= 4 is 21.8 Å². The Morgan fingerprint density at radius 2 is 1.89 bits per heavy atom. The van der Waals surface area contributed by atoms with Crippen molar-refractivity contribution in [3.8, 4) is 5.69 Å². The molecule has 6 nitrogen and oxygen atoms in total. The van der Waals surface area contributed by atoms with Gasteiger partial charge in [-0.05, 0) is 30.3 Å². The predicted molar refractivity (Wildman–Crippen MR) is 95.2 cm³/mol. The summed E-state index contributed by atoms with van der Waals surface area (Å²) < 4.78 is 30.2. The Kier molecular flexibility index (Phi) is 4.27. The molecule has 0 atom stereocenters. The zero-order chi connectivity index (χ0) is 19.2. The van der Waals surface area contributed by atoms with Gasteiger partial charge in [0.1, 0.15) is 29.9 Å². The summed E-state index contributed by atoms with van der Waals surface area (Å²) in [5.74, 6) is -2.05. The van der Waals surface area contributed by atoms with Gasteiger partial charge in [0.2, 0.25) is 0 Å². The molecule has 4 rings (SSSR count). The highest BCUT2D eigenvalue weighted by atomic mass is 79.9. The molecule has 1 N–H and O–H groups in total. The first-order chi connectivity index (χ1) is 12.9. The largest absolute Gasteiger partial charge is 0.381 e. The molecule has 0 bridgehead atoms. The Bertz CT molecular complexity index is 1000. The van der Waals surface area contributed by atoms with Crippen molar-refractivity contribution in [3.63, 3.8) is 0 Å². The number of halogens is 3. The van der Waals surface area contributed by atoms with E-state index in [4.69, 9.17) is 0 Å². The number of aliphatic hydroxyl groups is 1. The van der Waals surface area contributed by atoms with Gasteiger partial charge in [0.25, 0.3) is 5.91 Å². The van der Waals surface area contributed by atoms with E-state index in [2.05, 4.69) is 26.0 Å². The molecular weight excluding hydrogens is 422 g/mol. The molecule has 1 aliphatic heterocycles. The second kappa shape index (κ2) is 6.50. The summed E-state index contributed by atoms with van der Waals surface area (Å²) in [4.78, 5) is 18.1. The minimum atomic E-state index is -1.76. The van der Waals surface area contributed by atoms with Crippen LogP contribution in [-0.2, 0) is 5.60 Å². The van der Waals surface area contributed by atoms with Crippen LogP contribution in [0.2, 0.25) is 0 Å². The molecule has 3 aromatic rings. The van der Waals surface area contributed by atoms with E-state index in [0.29, 0.717) is 11.3 Å². The highest BCUT2D eigenvalue weighted by Crippen LogP contribution is 2.36. The number of rotatable bonds is 3. The first kappa shape index (κ1) is 17.7. The molecule has 1 aromatic heterocycles. The van der Waals surface area contributed by atoms with E-state index >= 15 is 0 Å². The van der Waals surface area contributed by atoms with E-state index in [0.717, 1.165) is 16.6 Å². The molecule has 27 heavy (non-hydrogen) atoms. The van der Waals surface area contributed by atoms with Gasteiger partial charge in [-0.15, -0.1) is 0 Å². The van der Waals surface area contributed by atoms with Crippen LogP contribution in [0.1, 0.15) is 15.9 Å². The molecule has 1 amide bonds. The maximum atomic E-state index is 14.0. The van der Waals surface area contributed by atoms with E-state index in [9.17, 15) is 18.7 Å². The highest BCUT2D eigenvalue weighted by molar-refractivity contribution is 9.10. The lowest BCUT2D eigenvalue weighted by atomic mass is 9.84. The van der Waals surface area contributed by atoms with Crippen LogP contribution in [0.15, 0.2) is 53.5 Å². The summed E-state index contributed by atoms with van der Waals surface area (Å²) in [6.07, 6.45) is 2.80. The second-order valence-electron chi connectivity index (χ2n) is 6.29. The third-order valence-corrected chi connectivity index (χ3v) is 4.97. The van der Waals surface area contributed by atoms with Crippen LogP contribution in [0.5, 0.6) is 0 Å². The average Bonchev–Trinajstić information content (AvgIpc) is 3.13. The van der Waals surface area contributed by atoms with Gasteiger partial charge in [-0.2, -0.15) is 5.10 Å². The Labute approximate surface area is 161 Å². The number of β-amino-alcohol motifs (C(OH)–C–C–N with tert-alkyl or cyclic N) is 1. The van der Waals surface area contributed by atoms with Crippen molar-refractivity contribution in [1.82, 2.24) is 19.7 Å². The third kappa shape index (κ3) is 3.02. The highest BCUT2D eigenvalue weighted by Gasteiger charge is 2.48. The van der Waals surface area contributed by atoms with Crippen molar-refractivity contribution in [2.24, 2.45) is 0 Å². The average molecular weight is 435 g/mol. The number of amides is 1. The Hall–Kier alpha value is -2.65. The number of carbonyl (C=O) groups excluding carboxylic acids is 1. The predicted octanol–water partition coefficient (Wildman–Crippen LogP) is 2.65. The van der Waals surface area contributed by atoms with Gasteiger partial charge in [-0.25, -0.2) is 18.4 Å². The molecule has 1 aliphatic rings. The zero-order valence-electron chi connectivity index (χ0n) is 13.8. The first-order valence-corrected chi connectivity index (χ1v) is 8.79. The number of benzene rings is 2. The van der Waals surface area contributed by atoms with E-state index in [1.165, 1.54) is 28.3 Å². The number of likely N-dealkylation sites (tertiary alicyclic amines) is 1. The molecule has 9 heteroatoms. The minimum Gasteiger partial charge on any atom is -0.381 e. The van der Waals surface area contributed by atoms with Gasteiger partial charge >= 0.3 is 0 Å². The number of aromatic nitrogens is 3. The van der Waals surface area contributed by atoms with Crippen molar-refractivity contribution in [2.45, 2.75) is 5.60 Å². The molecule has 138 valence electrons. The topological polar surface area (TPSA) is 71.2 Å². The van der Waals surface area contributed by atoms with Crippen LogP contribution in [0, 0.1) is 11.6 Å². The van der Waals surface area contributed by atoms with Crippen LogP contribution in [-0.4, -0.2) is 43.8 Å². The number of nitrogens with zero attached hydrogens (tertiary/aromatic N) is 4.